The van der Waals surface area contributed by atoms with Gasteiger partial charge < -0.3 is 15.8 Å². The summed E-state index contributed by atoms with van der Waals surface area (Å²) >= 11 is 5.90. The molecule has 0 spiro atoms. The third-order valence-corrected chi connectivity index (χ3v) is 2.83. The predicted octanol–water partition coefficient (Wildman–Crippen LogP) is 2.58. The molecule has 5 nitrogen and oxygen atoms in total. The van der Waals surface area contributed by atoms with Gasteiger partial charge in [0.15, 0.2) is 0 Å². The van der Waals surface area contributed by atoms with Gasteiger partial charge in [-0.05, 0) is 18.2 Å². The van der Waals surface area contributed by atoms with E-state index in [-0.39, 0.29) is 10.9 Å². The summed E-state index contributed by atoms with van der Waals surface area (Å²) in [4.78, 5) is 15.9. The van der Waals surface area contributed by atoms with E-state index in [2.05, 4.69) is 10.3 Å². The highest BCUT2D eigenvalue weighted by Crippen LogP contribution is 2.25. The quantitative estimate of drug-likeness (QED) is 0.846. The minimum Gasteiger partial charge on any atom is -0.497 e. The van der Waals surface area contributed by atoms with E-state index < -0.39 is 0 Å². The Hall–Kier alpha value is -2.27. The third-order valence-electron chi connectivity index (χ3n) is 2.52. The van der Waals surface area contributed by atoms with Crippen molar-refractivity contribution in [3.05, 3.63) is 47.2 Å². The van der Waals surface area contributed by atoms with Gasteiger partial charge >= 0.3 is 0 Å². The molecule has 0 aliphatic rings. The Morgan fingerprint density at radius 2 is 2.21 bits per heavy atom. The van der Waals surface area contributed by atoms with Crippen LogP contribution in [0.25, 0.3) is 0 Å². The average molecular weight is 278 g/mol. The minimum atomic E-state index is -0.343. The van der Waals surface area contributed by atoms with Crippen LogP contribution in [0.1, 0.15) is 10.4 Å². The van der Waals surface area contributed by atoms with Gasteiger partial charge in [0.1, 0.15) is 5.75 Å². The molecule has 6 heteroatoms. The predicted molar refractivity (Wildman–Crippen MR) is 74.6 cm³/mol. The zero-order valence-electron chi connectivity index (χ0n) is 10.2. The SMILES string of the molecule is COc1ccc(NC(=O)c2ccncc2Cl)c(N)c1. The van der Waals surface area contributed by atoms with Crippen LogP contribution in [-0.2, 0) is 0 Å². The molecule has 0 atom stereocenters. The highest BCUT2D eigenvalue weighted by atomic mass is 35.5. The number of rotatable bonds is 3. The van der Waals surface area contributed by atoms with E-state index >= 15 is 0 Å². The number of ether oxygens (including phenoxy) is 1. The Kier molecular flexibility index (Phi) is 3.87. The number of methoxy groups -OCH3 is 1. The first-order valence-electron chi connectivity index (χ1n) is 5.46. The Labute approximate surface area is 115 Å². The molecule has 0 saturated carbocycles. The number of nitrogens with one attached hydrogen (secondary N) is 1. The van der Waals surface area contributed by atoms with Gasteiger partial charge in [-0.25, -0.2) is 0 Å². The summed E-state index contributed by atoms with van der Waals surface area (Å²) in [5.41, 5.74) is 7.07. The molecule has 3 N–H and O–H groups in total. The molecule has 0 aliphatic carbocycles. The number of anilines is 2. The fourth-order valence-electron chi connectivity index (χ4n) is 1.53. The van der Waals surface area contributed by atoms with Gasteiger partial charge in [-0.15, -0.1) is 0 Å². The largest absolute Gasteiger partial charge is 0.497 e. The Bertz CT molecular complexity index is 617. The molecule has 1 heterocycles. The number of halogens is 1. The van der Waals surface area contributed by atoms with Crippen LogP contribution < -0.4 is 15.8 Å². The fourth-order valence-corrected chi connectivity index (χ4v) is 1.74. The van der Waals surface area contributed by atoms with Crippen molar-refractivity contribution in [3.8, 4) is 5.75 Å². The number of hydrogen-bond acceptors (Lipinski definition) is 4. The number of aromatic nitrogens is 1. The van der Waals surface area contributed by atoms with Crippen LogP contribution in [0.2, 0.25) is 5.02 Å². The van der Waals surface area contributed by atoms with Crippen molar-refractivity contribution >= 4 is 28.9 Å². The maximum atomic E-state index is 12.0. The zero-order chi connectivity index (χ0) is 13.8. The van der Waals surface area contributed by atoms with Crippen molar-refractivity contribution in [1.82, 2.24) is 4.98 Å². The normalized spacial score (nSPS) is 10.0. The summed E-state index contributed by atoms with van der Waals surface area (Å²) in [5, 5.41) is 2.97. The van der Waals surface area contributed by atoms with Crippen molar-refractivity contribution in [2.24, 2.45) is 0 Å². The second-order valence-corrected chi connectivity index (χ2v) is 4.17. The van der Waals surface area contributed by atoms with Crippen LogP contribution in [0.15, 0.2) is 36.7 Å². The maximum absolute atomic E-state index is 12.0. The van der Waals surface area contributed by atoms with E-state index in [1.165, 1.54) is 18.5 Å². The van der Waals surface area contributed by atoms with E-state index in [1.807, 2.05) is 0 Å². The molecule has 0 radical (unpaired) electrons. The molecule has 0 unspecified atom stereocenters. The molecule has 0 bridgehead atoms. The van der Waals surface area contributed by atoms with E-state index in [0.717, 1.165) is 0 Å². The maximum Gasteiger partial charge on any atom is 0.257 e. The van der Waals surface area contributed by atoms with Crippen LogP contribution in [0.5, 0.6) is 5.75 Å². The summed E-state index contributed by atoms with van der Waals surface area (Å²) in [6, 6.07) is 6.54. The Balaban J connectivity index is 2.22. The lowest BCUT2D eigenvalue weighted by atomic mass is 10.2. The summed E-state index contributed by atoms with van der Waals surface area (Å²) in [6.45, 7) is 0. The lowest BCUT2D eigenvalue weighted by molar-refractivity contribution is 0.102. The lowest BCUT2D eigenvalue weighted by Crippen LogP contribution is -2.13. The third kappa shape index (κ3) is 2.95. The molecule has 1 amide bonds. The number of nitrogens with zero attached hydrogens (tertiary/aromatic N) is 1. The van der Waals surface area contributed by atoms with Crippen LogP contribution in [0.4, 0.5) is 11.4 Å². The first-order chi connectivity index (χ1) is 9.11. The molecule has 98 valence electrons. The number of pyridine rings is 1. The molecule has 2 rings (SSSR count). The second kappa shape index (κ2) is 5.58. The number of amides is 1. The van der Waals surface area contributed by atoms with E-state index in [4.69, 9.17) is 22.1 Å². The molecule has 0 saturated heterocycles. The van der Waals surface area contributed by atoms with Gasteiger partial charge in [-0.3, -0.25) is 9.78 Å². The number of carbonyl (C=O) groups excluding carboxylic acids is 1. The van der Waals surface area contributed by atoms with E-state index in [9.17, 15) is 4.79 Å². The van der Waals surface area contributed by atoms with Gasteiger partial charge in [0.2, 0.25) is 0 Å². The topological polar surface area (TPSA) is 77.2 Å². The van der Waals surface area contributed by atoms with Gasteiger partial charge in [-0.1, -0.05) is 11.6 Å². The number of hydrogen-bond donors (Lipinski definition) is 2. The van der Waals surface area contributed by atoms with Crippen molar-refractivity contribution in [2.75, 3.05) is 18.2 Å². The number of benzene rings is 1. The van der Waals surface area contributed by atoms with Crippen LogP contribution in [0, 0.1) is 0 Å². The number of nitrogens with two attached hydrogens (primary N) is 1. The van der Waals surface area contributed by atoms with Gasteiger partial charge in [0, 0.05) is 18.5 Å². The number of carbonyl (C=O) groups is 1. The molecule has 1 aromatic heterocycles. The minimum absolute atomic E-state index is 0.284. The summed E-state index contributed by atoms with van der Waals surface area (Å²) in [6.07, 6.45) is 2.91. The molecule has 19 heavy (non-hydrogen) atoms. The highest BCUT2D eigenvalue weighted by molar-refractivity contribution is 6.34. The van der Waals surface area contributed by atoms with Crippen molar-refractivity contribution in [3.63, 3.8) is 0 Å². The molecule has 2 aromatic rings. The van der Waals surface area contributed by atoms with E-state index in [0.29, 0.717) is 22.7 Å². The fraction of sp³-hybridized carbons (Fsp3) is 0.0769. The summed E-state index contributed by atoms with van der Waals surface area (Å²) < 4.78 is 5.04. The smallest absolute Gasteiger partial charge is 0.257 e. The highest BCUT2D eigenvalue weighted by Gasteiger charge is 2.11. The Morgan fingerprint density at radius 1 is 1.42 bits per heavy atom. The van der Waals surface area contributed by atoms with Crippen molar-refractivity contribution in [1.29, 1.82) is 0 Å². The molecule has 0 aliphatic heterocycles. The van der Waals surface area contributed by atoms with Gasteiger partial charge in [0.05, 0.1) is 29.1 Å². The molecule has 0 fully saturated rings. The Morgan fingerprint density at radius 3 is 2.84 bits per heavy atom. The molecular formula is C13H12ClN3O2. The zero-order valence-corrected chi connectivity index (χ0v) is 10.9. The molecular weight excluding hydrogens is 266 g/mol. The van der Waals surface area contributed by atoms with Crippen LogP contribution >= 0.6 is 11.6 Å². The van der Waals surface area contributed by atoms with Crippen molar-refractivity contribution in [2.45, 2.75) is 0 Å². The lowest BCUT2D eigenvalue weighted by Gasteiger charge is -2.10. The number of nitrogen functional groups attached to an aromatic ring is 1. The van der Waals surface area contributed by atoms with Crippen LogP contribution in [-0.4, -0.2) is 18.0 Å². The second-order valence-electron chi connectivity index (χ2n) is 3.76. The van der Waals surface area contributed by atoms with Crippen molar-refractivity contribution < 1.29 is 9.53 Å². The first kappa shape index (κ1) is 13.2. The first-order valence-corrected chi connectivity index (χ1v) is 5.84. The summed E-state index contributed by atoms with van der Waals surface area (Å²) in [5.74, 6) is 0.279. The van der Waals surface area contributed by atoms with Crippen LogP contribution in [0.3, 0.4) is 0 Å². The monoisotopic (exact) mass is 277 g/mol. The van der Waals surface area contributed by atoms with Gasteiger partial charge in [-0.2, -0.15) is 0 Å². The molecule has 1 aromatic carbocycles. The summed E-state index contributed by atoms with van der Waals surface area (Å²) in [7, 11) is 1.55. The van der Waals surface area contributed by atoms with Gasteiger partial charge in [0.25, 0.3) is 5.91 Å². The van der Waals surface area contributed by atoms with E-state index in [1.54, 1.807) is 25.3 Å². The average Bonchev–Trinajstić information content (AvgIpc) is 2.41. The standard InChI is InChI=1S/C13H12ClN3O2/c1-19-8-2-3-12(11(15)6-8)17-13(18)9-4-5-16-7-10(9)14/h2-7H,15H2,1H3,(H,17,18).